The maximum atomic E-state index is 12.4. The first kappa shape index (κ1) is 28.4. The van der Waals surface area contributed by atoms with E-state index in [1.54, 1.807) is 0 Å². The Hall–Kier alpha value is -3.16. The number of aromatic nitrogens is 2. The van der Waals surface area contributed by atoms with Crippen LogP contribution in [0.25, 0.3) is 35.2 Å². The van der Waals surface area contributed by atoms with Crippen LogP contribution in [0.3, 0.4) is 0 Å². The minimum absolute atomic E-state index is 0.0736. The van der Waals surface area contributed by atoms with Crippen molar-refractivity contribution in [1.29, 1.82) is 0 Å². The Morgan fingerprint density at radius 3 is 2.25 bits per heavy atom. The zero-order valence-corrected chi connectivity index (χ0v) is 23.2. The number of rotatable bonds is 9. The molecule has 2 fully saturated rings. The van der Waals surface area contributed by atoms with E-state index in [1.165, 1.54) is 16.7 Å². The molecule has 1 aromatic heterocycles. The van der Waals surface area contributed by atoms with Gasteiger partial charge in [0.25, 0.3) is 0 Å². The number of nitrogens with one attached hydrogen (secondary N) is 2. The molecule has 5 rings (SSSR count). The molecule has 2 heterocycles. The highest BCUT2D eigenvalue weighted by atomic mass is 19.4. The van der Waals surface area contributed by atoms with Gasteiger partial charge in [-0.2, -0.15) is 13.2 Å². The van der Waals surface area contributed by atoms with Crippen molar-refractivity contribution in [3.05, 3.63) is 76.4 Å². The molecule has 0 spiro atoms. The Balaban J connectivity index is 1.14. The Kier molecular flexibility index (Phi) is 8.62. The first-order chi connectivity index (χ1) is 19.2. The van der Waals surface area contributed by atoms with Gasteiger partial charge < -0.3 is 9.72 Å². The second-order valence-corrected chi connectivity index (χ2v) is 11.1. The molecule has 0 bridgehead atoms. The highest BCUT2D eigenvalue weighted by Crippen LogP contribution is 2.40. The number of allylic oxidation sites excluding steroid dienone is 2. The number of H-pyrrole nitrogens is 1. The van der Waals surface area contributed by atoms with E-state index < -0.39 is 18.9 Å². The van der Waals surface area contributed by atoms with E-state index >= 15 is 0 Å². The maximum absolute atomic E-state index is 12.4. The second-order valence-electron chi connectivity index (χ2n) is 11.1. The summed E-state index contributed by atoms with van der Waals surface area (Å²) in [4.78, 5) is 8.08. The highest BCUT2D eigenvalue weighted by Gasteiger charge is 2.42. The van der Waals surface area contributed by atoms with Gasteiger partial charge in [-0.15, -0.1) is 0 Å². The van der Waals surface area contributed by atoms with Gasteiger partial charge in [-0.3, -0.25) is 5.32 Å². The van der Waals surface area contributed by atoms with Crippen molar-refractivity contribution in [3.8, 4) is 22.5 Å². The van der Waals surface area contributed by atoms with Crippen LogP contribution in [-0.2, 0) is 4.74 Å². The number of hydrogen-bond donors (Lipinski definition) is 2. The van der Waals surface area contributed by atoms with E-state index in [2.05, 4.69) is 84.5 Å². The van der Waals surface area contributed by atoms with Gasteiger partial charge in [0.1, 0.15) is 12.1 Å². The standard InChI is InChI=1S/C33H38F3N3O/c1-4-22(5-2)18-29-21(3)38-31(39-29)28-16-14-27(15-17-28)26-12-10-25(11-13-26)24-8-6-23(7-9-24)19-30-32(40-30)37-20-33(34,35)36/h4,10-18,23-24,30,32,37H,3,5-9,19-20H2,1-2H3,(H,38,39)/b22-4?,29-18+. The van der Waals surface area contributed by atoms with E-state index in [-0.39, 0.29) is 6.10 Å². The van der Waals surface area contributed by atoms with Crippen LogP contribution in [0.15, 0.2) is 60.2 Å². The Labute approximate surface area is 234 Å². The summed E-state index contributed by atoms with van der Waals surface area (Å²) in [5.74, 6) is 1.88. The third kappa shape index (κ3) is 7.12. The lowest BCUT2D eigenvalue weighted by Gasteiger charge is -2.28. The summed E-state index contributed by atoms with van der Waals surface area (Å²) in [5, 5.41) is 4.15. The summed E-state index contributed by atoms with van der Waals surface area (Å²) in [6, 6.07) is 17.3. The quantitative estimate of drug-likeness (QED) is 0.288. The number of alkyl halides is 3. The predicted octanol–water partition coefficient (Wildman–Crippen LogP) is 6.83. The summed E-state index contributed by atoms with van der Waals surface area (Å²) >= 11 is 0. The normalized spacial score (nSPS) is 23.9. The number of halogens is 3. The largest absolute Gasteiger partial charge is 0.401 e. The van der Waals surface area contributed by atoms with Gasteiger partial charge in [0.15, 0.2) is 0 Å². The molecule has 212 valence electrons. The van der Waals surface area contributed by atoms with Crippen molar-refractivity contribution in [2.45, 2.75) is 76.8 Å². The van der Waals surface area contributed by atoms with Crippen molar-refractivity contribution in [1.82, 2.24) is 15.3 Å². The van der Waals surface area contributed by atoms with E-state index in [0.29, 0.717) is 11.8 Å². The van der Waals surface area contributed by atoms with E-state index in [0.717, 1.165) is 66.2 Å². The van der Waals surface area contributed by atoms with Gasteiger partial charge in [-0.25, -0.2) is 4.98 Å². The van der Waals surface area contributed by atoms with Gasteiger partial charge in [0.2, 0.25) is 0 Å². The lowest BCUT2D eigenvalue weighted by Crippen LogP contribution is -2.32. The lowest BCUT2D eigenvalue weighted by atomic mass is 9.77. The molecule has 1 saturated heterocycles. The van der Waals surface area contributed by atoms with Gasteiger partial charge >= 0.3 is 6.18 Å². The van der Waals surface area contributed by atoms with Crippen LogP contribution in [0, 0.1) is 5.92 Å². The fourth-order valence-corrected chi connectivity index (χ4v) is 5.79. The first-order valence-electron chi connectivity index (χ1n) is 14.3. The Bertz CT molecular complexity index is 1420. The van der Waals surface area contributed by atoms with Crippen LogP contribution in [-0.4, -0.2) is 35.0 Å². The summed E-state index contributed by atoms with van der Waals surface area (Å²) in [6.07, 6.45) is 5.69. The highest BCUT2D eigenvalue weighted by molar-refractivity contribution is 5.68. The van der Waals surface area contributed by atoms with Crippen molar-refractivity contribution in [2.75, 3.05) is 6.54 Å². The molecule has 1 aliphatic heterocycles. The van der Waals surface area contributed by atoms with Crippen molar-refractivity contribution < 1.29 is 17.9 Å². The molecule has 2 atom stereocenters. The smallest absolute Gasteiger partial charge is 0.353 e. The number of imidazole rings is 1. The average molecular weight is 550 g/mol. The average Bonchev–Trinajstić information content (AvgIpc) is 3.60. The molecular weight excluding hydrogens is 511 g/mol. The minimum atomic E-state index is -4.20. The molecule has 7 heteroatoms. The van der Waals surface area contributed by atoms with Crippen LogP contribution in [0.5, 0.6) is 0 Å². The molecular formula is C33H38F3N3O. The number of hydrogen-bond acceptors (Lipinski definition) is 3. The SMILES string of the molecule is C=c1[nH]c(-c2ccc(-c3ccc(C4CCC(CC5OC5NCC(F)(F)F)CC4)cc3)cc2)n/c1=C/C(=CC)CC. The van der Waals surface area contributed by atoms with Gasteiger partial charge in [0.05, 0.1) is 23.3 Å². The van der Waals surface area contributed by atoms with Crippen molar-refractivity contribution in [2.24, 2.45) is 5.92 Å². The number of aromatic amines is 1. The summed E-state index contributed by atoms with van der Waals surface area (Å²) in [5.41, 5.74) is 5.96. The maximum Gasteiger partial charge on any atom is 0.401 e. The van der Waals surface area contributed by atoms with Crippen molar-refractivity contribution in [3.63, 3.8) is 0 Å². The molecule has 1 saturated carbocycles. The summed E-state index contributed by atoms with van der Waals surface area (Å²) < 4.78 is 42.5. The molecule has 2 aliphatic rings. The molecule has 3 aromatic rings. The van der Waals surface area contributed by atoms with Crippen LogP contribution in [0.4, 0.5) is 13.2 Å². The molecule has 1 aliphatic carbocycles. The molecule has 2 N–H and O–H groups in total. The fraction of sp³-hybridized carbons (Fsp3) is 0.424. The van der Waals surface area contributed by atoms with Crippen LogP contribution < -0.4 is 16.0 Å². The van der Waals surface area contributed by atoms with E-state index in [1.807, 2.05) is 6.92 Å². The summed E-state index contributed by atoms with van der Waals surface area (Å²) in [6.45, 7) is 7.30. The van der Waals surface area contributed by atoms with Crippen LogP contribution in [0.2, 0.25) is 0 Å². The Morgan fingerprint density at radius 2 is 1.65 bits per heavy atom. The molecule has 2 unspecified atom stereocenters. The van der Waals surface area contributed by atoms with Crippen LogP contribution in [0.1, 0.15) is 63.9 Å². The molecule has 2 aromatic carbocycles. The molecule has 0 radical (unpaired) electrons. The van der Waals surface area contributed by atoms with Crippen LogP contribution >= 0.6 is 0 Å². The predicted molar refractivity (Wildman–Crippen MR) is 155 cm³/mol. The number of nitrogens with zero attached hydrogens (tertiary/aromatic N) is 1. The third-order valence-corrected chi connectivity index (χ3v) is 8.28. The second kappa shape index (κ2) is 12.1. The number of epoxide rings is 1. The number of benzene rings is 2. The first-order valence-corrected chi connectivity index (χ1v) is 14.3. The Morgan fingerprint density at radius 1 is 1.02 bits per heavy atom. The minimum Gasteiger partial charge on any atom is -0.353 e. The van der Waals surface area contributed by atoms with Gasteiger partial charge in [0, 0.05) is 5.56 Å². The summed E-state index contributed by atoms with van der Waals surface area (Å²) in [7, 11) is 0. The van der Waals surface area contributed by atoms with E-state index in [4.69, 9.17) is 9.72 Å². The van der Waals surface area contributed by atoms with Gasteiger partial charge in [-0.1, -0.05) is 73.7 Å². The van der Waals surface area contributed by atoms with Crippen molar-refractivity contribution >= 4 is 12.7 Å². The lowest BCUT2D eigenvalue weighted by molar-refractivity contribution is -0.126. The number of ether oxygens (including phenoxy) is 1. The fourth-order valence-electron chi connectivity index (χ4n) is 5.79. The zero-order valence-electron chi connectivity index (χ0n) is 23.2. The molecule has 4 nitrogen and oxygen atoms in total. The van der Waals surface area contributed by atoms with E-state index in [9.17, 15) is 13.2 Å². The zero-order chi connectivity index (χ0) is 28.3. The monoisotopic (exact) mass is 549 g/mol. The topological polar surface area (TPSA) is 53.2 Å². The third-order valence-electron chi connectivity index (χ3n) is 8.28. The van der Waals surface area contributed by atoms with Gasteiger partial charge in [-0.05, 0) is 80.1 Å². The molecule has 40 heavy (non-hydrogen) atoms. The molecule has 0 amide bonds.